The van der Waals surface area contributed by atoms with E-state index in [0.717, 1.165) is 0 Å². The maximum absolute atomic E-state index is 12.0. The van der Waals surface area contributed by atoms with Crippen molar-refractivity contribution in [3.63, 3.8) is 0 Å². The highest BCUT2D eigenvalue weighted by molar-refractivity contribution is 5.80. The molecule has 0 bridgehead atoms. The number of nitrogens with one attached hydrogen (secondary N) is 1. The molecule has 0 fully saturated rings. The molecule has 0 saturated carbocycles. The summed E-state index contributed by atoms with van der Waals surface area (Å²) in [6.45, 7) is 5.88. The fraction of sp³-hybridized carbons (Fsp3) is 0.692. The van der Waals surface area contributed by atoms with Crippen LogP contribution in [-0.4, -0.2) is 39.3 Å². The summed E-state index contributed by atoms with van der Waals surface area (Å²) in [5.74, 6) is -0.407. The molecule has 1 aromatic heterocycles. The van der Waals surface area contributed by atoms with E-state index in [4.69, 9.17) is 10.5 Å². The molecule has 19 heavy (non-hydrogen) atoms. The molecule has 1 rings (SSSR count). The van der Waals surface area contributed by atoms with Crippen LogP contribution in [-0.2, 0) is 16.0 Å². The van der Waals surface area contributed by atoms with Crippen LogP contribution in [0.2, 0.25) is 0 Å². The van der Waals surface area contributed by atoms with Gasteiger partial charge in [-0.15, -0.1) is 0 Å². The number of H-pyrrole nitrogens is 1. The second-order valence-electron chi connectivity index (χ2n) is 5.13. The maximum Gasteiger partial charge on any atom is 0.340 e. The van der Waals surface area contributed by atoms with Crippen LogP contribution in [0, 0.1) is 5.92 Å². The van der Waals surface area contributed by atoms with Crippen LogP contribution in [0.25, 0.3) is 0 Å². The smallest absolute Gasteiger partial charge is 0.340 e. The van der Waals surface area contributed by atoms with Gasteiger partial charge in [-0.25, -0.2) is 9.78 Å². The van der Waals surface area contributed by atoms with Crippen molar-refractivity contribution in [1.29, 1.82) is 0 Å². The fourth-order valence-electron chi connectivity index (χ4n) is 1.99. The fourth-order valence-corrected chi connectivity index (χ4v) is 1.99. The van der Waals surface area contributed by atoms with Gasteiger partial charge in [-0.3, -0.25) is 0 Å². The number of ether oxygens (including phenoxy) is 1. The SMILES string of the molecule is CCOC(=O)[C@@](O)(Cc1cnc[nH]1)[C@@H](N)CC(C)C. The molecule has 0 radical (unpaired) electrons. The molecular weight excluding hydrogens is 246 g/mol. The van der Waals surface area contributed by atoms with Gasteiger partial charge in [-0.1, -0.05) is 13.8 Å². The van der Waals surface area contributed by atoms with Crippen molar-refractivity contribution >= 4 is 5.97 Å². The number of rotatable bonds is 7. The Morgan fingerprint density at radius 3 is 2.79 bits per heavy atom. The molecule has 0 aliphatic carbocycles. The zero-order chi connectivity index (χ0) is 14.5. The lowest BCUT2D eigenvalue weighted by molar-refractivity contribution is -0.167. The van der Waals surface area contributed by atoms with Crippen LogP contribution in [0.5, 0.6) is 0 Å². The molecule has 0 saturated heterocycles. The normalized spacial score (nSPS) is 16.1. The first-order chi connectivity index (χ1) is 8.90. The molecular formula is C13H23N3O3. The lowest BCUT2D eigenvalue weighted by Crippen LogP contribution is -2.56. The molecule has 0 aliphatic heterocycles. The third kappa shape index (κ3) is 4.04. The zero-order valence-electron chi connectivity index (χ0n) is 11.7. The zero-order valence-corrected chi connectivity index (χ0v) is 11.7. The highest BCUT2D eigenvalue weighted by Gasteiger charge is 2.44. The molecule has 0 aliphatic rings. The van der Waals surface area contributed by atoms with E-state index < -0.39 is 17.6 Å². The molecule has 4 N–H and O–H groups in total. The maximum atomic E-state index is 12.0. The Kier molecular flexibility index (Phi) is 5.50. The molecule has 6 heteroatoms. The summed E-state index contributed by atoms with van der Waals surface area (Å²) in [5.41, 5.74) is 4.93. The van der Waals surface area contributed by atoms with E-state index in [9.17, 15) is 9.90 Å². The third-order valence-electron chi connectivity index (χ3n) is 2.98. The van der Waals surface area contributed by atoms with Crippen LogP contribution in [0.4, 0.5) is 0 Å². The van der Waals surface area contributed by atoms with E-state index in [1.807, 2.05) is 13.8 Å². The largest absolute Gasteiger partial charge is 0.464 e. The summed E-state index contributed by atoms with van der Waals surface area (Å²) < 4.78 is 4.96. The van der Waals surface area contributed by atoms with Crippen LogP contribution in [0.15, 0.2) is 12.5 Å². The number of aromatic amines is 1. The average Bonchev–Trinajstić information content (AvgIpc) is 2.80. The quantitative estimate of drug-likeness (QED) is 0.630. The van der Waals surface area contributed by atoms with Gasteiger partial charge in [0.25, 0.3) is 0 Å². The summed E-state index contributed by atoms with van der Waals surface area (Å²) in [7, 11) is 0. The topological polar surface area (TPSA) is 101 Å². The van der Waals surface area contributed by atoms with E-state index in [1.165, 1.54) is 6.33 Å². The number of carbonyl (C=O) groups excluding carboxylic acids is 1. The summed E-state index contributed by atoms with van der Waals surface area (Å²) >= 11 is 0. The number of nitrogens with zero attached hydrogens (tertiary/aromatic N) is 1. The van der Waals surface area contributed by atoms with Gasteiger partial charge in [0.05, 0.1) is 12.9 Å². The van der Waals surface area contributed by atoms with Crippen molar-refractivity contribution in [3.8, 4) is 0 Å². The Morgan fingerprint density at radius 2 is 2.32 bits per heavy atom. The first-order valence-corrected chi connectivity index (χ1v) is 6.52. The van der Waals surface area contributed by atoms with Crippen molar-refractivity contribution in [2.24, 2.45) is 11.7 Å². The highest BCUT2D eigenvalue weighted by Crippen LogP contribution is 2.22. The van der Waals surface area contributed by atoms with Crippen LogP contribution in [0.1, 0.15) is 32.9 Å². The standard InChI is InChI=1S/C13H23N3O3/c1-4-19-12(17)13(18,11(14)5-9(2)3)6-10-7-15-8-16-10/h7-9,11,18H,4-6,14H2,1-3H3,(H,15,16)/t11-,13+/m0/s1. The summed E-state index contributed by atoms with van der Waals surface area (Å²) in [4.78, 5) is 18.8. The number of esters is 1. The van der Waals surface area contributed by atoms with Gasteiger partial charge in [0.1, 0.15) is 0 Å². The second kappa shape index (κ2) is 6.68. The Hall–Kier alpha value is -1.40. The Balaban J connectivity index is 2.91. The molecule has 6 nitrogen and oxygen atoms in total. The Bertz CT molecular complexity index is 392. The first-order valence-electron chi connectivity index (χ1n) is 6.52. The van der Waals surface area contributed by atoms with E-state index in [1.54, 1.807) is 13.1 Å². The van der Waals surface area contributed by atoms with E-state index >= 15 is 0 Å². The van der Waals surface area contributed by atoms with Gasteiger partial charge >= 0.3 is 5.97 Å². The van der Waals surface area contributed by atoms with Gasteiger partial charge in [0.2, 0.25) is 0 Å². The molecule has 1 heterocycles. The van der Waals surface area contributed by atoms with E-state index in [-0.39, 0.29) is 18.9 Å². The number of hydrogen-bond donors (Lipinski definition) is 3. The van der Waals surface area contributed by atoms with Crippen LogP contribution < -0.4 is 5.73 Å². The Morgan fingerprint density at radius 1 is 1.63 bits per heavy atom. The van der Waals surface area contributed by atoms with E-state index in [2.05, 4.69) is 9.97 Å². The summed E-state index contributed by atoms with van der Waals surface area (Å²) in [6, 6.07) is -0.685. The minimum absolute atomic E-state index is 0.0692. The molecule has 0 unspecified atom stereocenters. The summed E-state index contributed by atoms with van der Waals surface area (Å²) in [5, 5.41) is 10.7. The van der Waals surface area contributed by atoms with Crippen molar-refractivity contribution in [1.82, 2.24) is 9.97 Å². The first kappa shape index (κ1) is 15.7. The molecule has 2 atom stereocenters. The molecule has 1 aromatic rings. The lowest BCUT2D eigenvalue weighted by Gasteiger charge is -2.32. The van der Waals surface area contributed by atoms with Crippen LogP contribution >= 0.6 is 0 Å². The van der Waals surface area contributed by atoms with Gasteiger partial charge in [0.15, 0.2) is 5.60 Å². The monoisotopic (exact) mass is 269 g/mol. The molecule has 0 spiro atoms. The average molecular weight is 269 g/mol. The molecule has 0 amide bonds. The number of aromatic nitrogens is 2. The van der Waals surface area contributed by atoms with Crippen molar-refractivity contribution in [3.05, 3.63) is 18.2 Å². The van der Waals surface area contributed by atoms with E-state index in [0.29, 0.717) is 12.1 Å². The number of hydrogen-bond acceptors (Lipinski definition) is 5. The van der Waals surface area contributed by atoms with Crippen molar-refractivity contribution in [2.75, 3.05) is 6.61 Å². The highest BCUT2D eigenvalue weighted by atomic mass is 16.5. The minimum Gasteiger partial charge on any atom is -0.464 e. The van der Waals surface area contributed by atoms with Gasteiger partial charge < -0.3 is 20.6 Å². The number of aliphatic hydroxyl groups is 1. The third-order valence-corrected chi connectivity index (χ3v) is 2.98. The Labute approximate surface area is 113 Å². The number of nitrogens with two attached hydrogens (primary N) is 1. The minimum atomic E-state index is -1.73. The van der Waals surface area contributed by atoms with Crippen LogP contribution in [0.3, 0.4) is 0 Å². The second-order valence-corrected chi connectivity index (χ2v) is 5.13. The summed E-state index contributed by atoms with van der Waals surface area (Å²) in [6.07, 6.45) is 3.66. The predicted molar refractivity (Wildman–Crippen MR) is 71.3 cm³/mol. The predicted octanol–water partition coefficient (Wildman–Crippen LogP) is 0.620. The van der Waals surface area contributed by atoms with Crippen molar-refractivity contribution < 1.29 is 14.6 Å². The number of carbonyl (C=O) groups is 1. The van der Waals surface area contributed by atoms with Gasteiger partial charge in [-0.05, 0) is 19.3 Å². The molecule has 108 valence electrons. The number of imidazole rings is 1. The van der Waals surface area contributed by atoms with Gasteiger partial charge in [0, 0.05) is 24.4 Å². The van der Waals surface area contributed by atoms with Gasteiger partial charge in [-0.2, -0.15) is 0 Å². The lowest BCUT2D eigenvalue weighted by atomic mass is 9.85. The van der Waals surface area contributed by atoms with Crippen molar-refractivity contribution in [2.45, 2.75) is 45.3 Å². The molecule has 0 aromatic carbocycles.